The van der Waals surface area contributed by atoms with E-state index in [-0.39, 0.29) is 32.7 Å². The number of halogens is 2. The predicted molar refractivity (Wildman–Crippen MR) is 101 cm³/mol. The Balaban J connectivity index is 0.000000980. The van der Waals surface area contributed by atoms with Crippen LogP contribution in [0.25, 0.3) is 6.08 Å². The van der Waals surface area contributed by atoms with Gasteiger partial charge in [0.2, 0.25) is 0 Å². The first-order valence-electron chi connectivity index (χ1n) is 9.55. The quantitative estimate of drug-likeness (QED) is 0.547. The third-order valence-electron chi connectivity index (χ3n) is 6.39. The van der Waals surface area contributed by atoms with Crippen LogP contribution in [-0.4, -0.2) is 11.8 Å². The number of rotatable bonds is 3. The molecule has 0 bridgehead atoms. The largest absolute Gasteiger partial charge is 1.00 e. The molecule has 1 aromatic carbocycles. The van der Waals surface area contributed by atoms with Gasteiger partial charge < -0.3 is 24.8 Å². The Labute approximate surface area is 183 Å². The van der Waals surface area contributed by atoms with Gasteiger partial charge in [-0.1, -0.05) is 0 Å². The van der Waals surface area contributed by atoms with Crippen molar-refractivity contribution in [3.05, 3.63) is 65.0 Å². The molecule has 0 nitrogen and oxygen atoms in total. The minimum Gasteiger partial charge on any atom is -1.00 e. The van der Waals surface area contributed by atoms with Crippen molar-refractivity contribution >= 4 is 14.0 Å². The van der Waals surface area contributed by atoms with Crippen molar-refractivity contribution in [3.8, 4) is 0 Å². The molecular weight excluding hydrogens is 457 g/mol. The van der Waals surface area contributed by atoms with Crippen LogP contribution in [0.15, 0.2) is 53.9 Å². The van der Waals surface area contributed by atoms with E-state index < -0.39 is 23.2 Å². The summed E-state index contributed by atoms with van der Waals surface area (Å²) in [5, 5.41) is 1.93. The average Bonchev–Trinajstić information content (AvgIpc) is 3.17. The van der Waals surface area contributed by atoms with Crippen molar-refractivity contribution in [2.45, 2.75) is 39.1 Å². The van der Waals surface area contributed by atoms with Gasteiger partial charge in [-0.05, 0) is 0 Å². The second-order valence-electron chi connectivity index (χ2n) is 7.68. The topological polar surface area (TPSA) is 0 Å². The normalized spacial score (nSPS) is 34.7. The fourth-order valence-electron chi connectivity index (χ4n) is 5.26. The number of hydrogen-bond donors (Lipinski definition) is 0. The Morgan fingerprint density at radius 1 is 1.12 bits per heavy atom. The van der Waals surface area contributed by atoms with Gasteiger partial charge in [0.15, 0.2) is 0 Å². The first-order valence-corrected chi connectivity index (χ1v) is 14.0. The van der Waals surface area contributed by atoms with Crippen molar-refractivity contribution < 1.29 is 48.0 Å². The van der Waals surface area contributed by atoms with Gasteiger partial charge in [-0.2, -0.15) is 0 Å². The minimum absolute atomic E-state index is 0. The maximum absolute atomic E-state index is 2.64. The van der Waals surface area contributed by atoms with Crippen LogP contribution in [0.2, 0.25) is 3.63 Å². The monoisotopic (exact) mass is 480 g/mol. The van der Waals surface area contributed by atoms with Gasteiger partial charge in [0, 0.05) is 0 Å². The second-order valence-corrected chi connectivity index (χ2v) is 14.1. The van der Waals surface area contributed by atoms with Crippen molar-refractivity contribution in [2.24, 2.45) is 11.8 Å². The van der Waals surface area contributed by atoms with E-state index in [4.69, 9.17) is 0 Å². The zero-order valence-electron chi connectivity index (χ0n) is 15.1. The molecular formula is C22H25Cl2PZr. The number of allylic oxidation sites excluding steroid dienone is 5. The zero-order valence-corrected chi connectivity index (χ0v) is 20.0. The molecule has 0 spiro atoms. The van der Waals surface area contributed by atoms with Crippen LogP contribution in [0, 0.1) is 11.8 Å². The van der Waals surface area contributed by atoms with E-state index in [1.54, 1.807) is 11.1 Å². The Bertz CT molecular complexity index is 741. The Morgan fingerprint density at radius 2 is 1.92 bits per heavy atom. The standard InChI is InChI=1S/C22H25P.2ClH.Zr/c1-2-3-12-23(21-13-17-8-4-5-9-18(17)14-21)22-15-19-10-6-7-11-20(19)16-22;;;/h4-11,13-15,19-20,22H,2-3,12,16H2,1H3;2*1H;/q;;;+2/p-2. The molecule has 0 N–H and O–H groups in total. The maximum Gasteiger partial charge on any atom is -1.00 e. The molecule has 6 unspecified atom stereocenters. The molecule has 4 heteroatoms. The molecule has 5 rings (SSSR count). The molecule has 6 atom stereocenters. The van der Waals surface area contributed by atoms with Crippen molar-refractivity contribution in [1.82, 2.24) is 0 Å². The Kier molecular flexibility index (Phi) is 7.11. The summed E-state index contributed by atoms with van der Waals surface area (Å²) >= 11 is -0.436. The molecule has 136 valence electrons. The van der Waals surface area contributed by atoms with Crippen LogP contribution in [0.1, 0.15) is 40.9 Å². The molecule has 0 amide bonds. The molecule has 2 fully saturated rings. The number of fused-ring (bicyclic) bond motifs is 6. The van der Waals surface area contributed by atoms with E-state index >= 15 is 0 Å². The maximum atomic E-state index is 2.64. The second kappa shape index (κ2) is 8.78. The molecule has 0 radical (unpaired) electrons. The van der Waals surface area contributed by atoms with Crippen LogP contribution >= 0.6 is 7.92 Å². The van der Waals surface area contributed by atoms with Crippen molar-refractivity contribution in [2.75, 3.05) is 6.16 Å². The van der Waals surface area contributed by atoms with E-state index in [9.17, 15) is 0 Å². The summed E-state index contributed by atoms with van der Waals surface area (Å²) in [6.07, 6.45) is 18.2. The van der Waals surface area contributed by atoms with Crippen LogP contribution in [0.5, 0.6) is 0 Å². The summed E-state index contributed by atoms with van der Waals surface area (Å²) in [4.78, 5) is 0. The first kappa shape index (κ1) is 21.1. The van der Waals surface area contributed by atoms with Gasteiger partial charge in [0.25, 0.3) is 0 Å². The molecule has 26 heavy (non-hydrogen) atoms. The fourth-order valence-corrected chi connectivity index (χ4v) is 17.2. The predicted octanol–water partition coefficient (Wildman–Crippen LogP) is 0.388. The summed E-state index contributed by atoms with van der Waals surface area (Å²) < 4.78 is 2.00. The SMILES string of the molecule is CCCCP1C2=Cc3ccccc3[CH]2[Zr+2][CH]2C3C=CC=CC3CC21.[Cl-].[Cl-]. The summed E-state index contributed by atoms with van der Waals surface area (Å²) in [6, 6.07) is 9.32. The zero-order chi connectivity index (χ0) is 16.1. The molecule has 1 heterocycles. The molecule has 1 aliphatic heterocycles. The van der Waals surface area contributed by atoms with E-state index in [1.165, 1.54) is 25.4 Å². The van der Waals surface area contributed by atoms with E-state index in [0.29, 0.717) is 0 Å². The number of benzene rings is 1. The third-order valence-corrected chi connectivity index (χ3v) is 16.1. The Hall–Kier alpha value is 0.333. The van der Waals surface area contributed by atoms with Crippen molar-refractivity contribution in [3.63, 3.8) is 0 Å². The van der Waals surface area contributed by atoms with E-state index in [2.05, 4.69) is 61.6 Å². The van der Waals surface area contributed by atoms with E-state index in [1.807, 2.05) is 5.31 Å². The van der Waals surface area contributed by atoms with Crippen LogP contribution in [0.4, 0.5) is 0 Å². The van der Waals surface area contributed by atoms with Crippen LogP contribution in [0.3, 0.4) is 0 Å². The Morgan fingerprint density at radius 3 is 2.77 bits per heavy atom. The smallest absolute Gasteiger partial charge is 1.00 e. The van der Waals surface area contributed by atoms with Gasteiger partial charge in [-0.25, -0.2) is 0 Å². The molecule has 1 aromatic rings. The fraction of sp³-hybridized carbons (Fsp3) is 0.455. The van der Waals surface area contributed by atoms with Crippen molar-refractivity contribution in [1.29, 1.82) is 0 Å². The summed E-state index contributed by atoms with van der Waals surface area (Å²) in [7, 11) is 0.0942. The van der Waals surface area contributed by atoms with Gasteiger partial charge in [-0.15, -0.1) is 0 Å². The minimum atomic E-state index is -0.436. The molecule has 1 saturated heterocycles. The van der Waals surface area contributed by atoms with Gasteiger partial charge in [-0.3, -0.25) is 0 Å². The molecule has 3 aliphatic carbocycles. The third kappa shape index (κ3) is 3.41. The number of hydrogen-bond acceptors (Lipinski definition) is 0. The summed E-state index contributed by atoms with van der Waals surface area (Å²) in [5.74, 6) is 1.76. The average molecular weight is 483 g/mol. The van der Waals surface area contributed by atoms with E-state index in [0.717, 1.165) is 24.7 Å². The summed E-state index contributed by atoms with van der Waals surface area (Å²) in [6.45, 7) is 2.36. The first-order chi connectivity index (χ1) is 11.9. The number of unbranched alkanes of at least 4 members (excludes halogenated alkanes) is 1. The summed E-state index contributed by atoms with van der Waals surface area (Å²) in [5.41, 5.74) is 4.33. The van der Waals surface area contributed by atoms with Crippen LogP contribution < -0.4 is 24.8 Å². The van der Waals surface area contributed by atoms with Gasteiger partial charge in [0.1, 0.15) is 0 Å². The van der Waals surface area contributed by atoms with Crippen LogP contribution in [-0.2, 0) is 23.2 Å². The molecule has 1 saturated carbocycles. The molecule has 0 aromatic heterocycles. The molecule has 4 aliphatic rings. The van der Waals surface area contributed by atoms with Gasteiger partial charge >= 0.3 is 159 Å². The van der Waals surface area contributed by atoms with Gasteiger partial charge in [0.05, 0.1) is 0 Å².